The van der Waals surface area contributed by atoms with E-state index in [1.165, 1.54) is 20.3 Å². The first-order valence-corrected chi connectivity index (χ1v) is 8.69. The third kappa shape index (κ3) is 3.06. The molecule has 1 aliphatic heterocycles. The first kappa shape index (κ1) is 17.1. The quantitative estimate of drug-likeness (QED) is 0.836. The maximum absolute atomic E-state index is 13.0. The number of sulfonamides is 1. The number of piperazine rings is 1. The van der Waals surface area contributed by atoms with Crippen LogP contribution in [-0.2, 0) is 10.0 Å². The van der Waals surface area contributed by atoms with Gasteiger partial charge < -0.3 is 14.4 Å². The minimum atomic E-state index is -3.57. The number of hydrogen-bond donors (Lipinski definition) is 0. The summed E-state index contributed by atoms with van der Waals surface area (Å²) in [4.78, 5) is 2.38. The largest absolute Gasteiger partial charge is 0.493 e. The molecule has 0 aliphatic carbocycles. The van der Waals surface area contributed by atoms with Crippen LogP contribution in [0.15, 0.2) is 23.1 Å². The molecule has 1 fully saturated rings. The first-order chi connectivity index (χ1) is 10.3. The highest BCUT2D eigenvalue weighted by Crippen LogP contribution is 2.32. The molecule has 1 aliphatic rings. The van der Waals surface area contributed by atoms with Gasteiger partial charge in [-0.25, -0.2) is 8.42 Å². The van der Waals surface area contributed by atoms with E-state index in [9.17, 15) is 8.42 Å². The van der Waals surface area contributed by atoms with Crippen molar-refractivity contribution in [2.45, 2.75) is 30.8 Å². The molecule has 1 saturated heterocycles. The molecule has 0 spiro atoms. The highest BCUT2D eigenvalue weighted by Gasteiger charge is 2.37. The molecule has 0 aromatic heterocycles. The van der Waals surface area contributed by atoms with E-state index in [0.29, 0.717) is 11.5 Å². The number of nitrogens with zero attached hydrogens (tertiary/aromatic N) is 2. The lowest BCUT2D eigenvalue weighted by atomic mass is 10.2. The maximum Gasteiger partial charge on any atom is 0.243 e. The summed E-state index contributed by atoms with van der Waals surface area (Å²) >= 11 is 0. The van der Waals surface area contributed by atoms with Crippen molar-refractivity contribution in [2.75, 3.05) is 34.4 Å². The molecule has 6 nitrogen and oxygen atoms in total. The number of ether oxygens (including phenoxy) is 2. The summed E-state index contributed by atoms with van der Waals surface area (Å²) < 4.78 is 38.0. The Morgan fingerprint density at radius 2 is 1.59 bits per heavy atom. The van der Waals surface area contributed by atoms with Gasteiger partial charge in [0.15, 0.2) is 11.5 Å². The van der Waals surface area contributed by atoms with Gasteiger partial charge in [-0.3, -0.25) is 0 Å². The second-order valence-electron chi connectivity index (χ2n) is 5.77. The van der Waals surface area contributed by atoms with Crippen LogP contribution in [0, 0.1) is 0 Å². The van der Waals surface area contributed by atoms with E-state index in [2.05, 4.69) is 4.90 Å². The molecule has 0 saturated carbocycles. The van der Waals surface area contributed by atoms with Crippen LogP contribution in [0.3, 0.4) is 0 Å². The summed E-state index contributed by atoms with van der Waals surface area (Å²) in [5, 5.41) is 0. The van der Waals surface area contributed by atoms with Gasteiger partial charge in [-0.2, -0.15) is 4.31 Å². The van der Waals surface area contributed by atoms with Crippen LogP contribution in [0.25, 0.3) is 0 Å². The Morgan fingerprint density at radius 1 is 1.05 bits per heavy atom. The van der Waals surface area contributed by atoms with Gasteiger partial charge in [-0.1, -0.05) is 0 Å². The van der Waals surface area contributed by atoms with Crippen LogP contribution in [0.2, 0.25) is 0 Å². The Balaban J connectivity index is 2.42. The fraction of sp³-hybridized carbons (Fsp3) is 0.600. The molecule has 22 heavy (non-hydrogen) atoms. The number of likely N-dealkylation sites (N-methyl/N-ethyl adjacent to an activating group) is 1. The van der Waals surface area contributed by atoms with Crippen LogP contribution in [0.4, 0.5) is 0 Å². The summed E-state index contributed by atoms with van der Waals surface area (Å²) in [6, 6.07) is 4.55. The first-order valence-electron chi connectivity index (χ1n) is 7.25. The van der Waals surface area contributed by atoms with E-state index in [4.69, 9.17) is 9.47 Å². The second-order valence-corrected chi connectivity index (χ2v) is 7.61. The molecule has 0 bridgehead atoms. The Bertz CT molecular complexity index is 620. The Labute approximate surface area is 132 Å². The van der Waals surface area contributed by atoms with Crippen molar-refractivity contribution >= 4 is 10.0 Å². The molecular weight excluding hydrogens is 304 g/mol. The summed E-state index contributed by atoms with van der Waals surface area (Å²) in [6.07, 6.45) is 0. The summed E-state index contributed by atoms with van der Waals surface area (Å²) in [6.45, 7) is 5.31. The molecule has 0 amide bonds. The Kier molecular flexibility index (Phi) is 4.99. The van der Waals surface area contributed by atoms with Crippen LogP contribution < -0.4 is 9.47 Å². The zero-order valence-electron chi connectivity index (χ0n) is 13.7. The zero-order chi connectivity index (χ0) is 16.5. The van der Waals surface area contributed by atoms with Crippen molar-refractivity contribution in [2.24, 2.45) is 0 Å². The molecule has 0 N–H and O–H groups in total. The van der Waals surface area contributed by atoms with Gasteiger partial charge in [0.1, 0.15) is 0 Å². The number of benzene rings is 1. The third-order valence-electron chi connectivity index (χ3n) is 3.95. The molecule has 124 valence electrons. The maximum atomic E-state index is 13.0. The number of methoxy groups -OCH3 is 2. The van der Waals surface area contributed by atoms with Crippen molar-refractivity contribution in [1.82, 2.24) is 9.21 Å². The topological polar surface area (TPSA) is 59.1 Å². The summed E-state index contributed by atoms with van der Waals surface area (Å²) in [5.74, 6) is 0.930. The van der Waals surface area contributed by atoms with E-state index < -0.39 is 10.0 Å². The average Bonchev–Trinajstić information content (AvgIpc) is 2.44. The molecule has 1 aromatic rings. The Hall–Kier alpha value is -1.31. The van der Waals surface area contributed by atoms with Gasteiger partial charge in [0.05, 0.1) is 19.1 Å². The number of rotatable bonds is 4. The van der Waals surface area contributed by atoms with Crippen LogP contribution in [0.1, 0.15) is 13.8 Å². The molecule has 1 aromatic carbocycles. The molecule has 2 unspecified atom stereocenters. The monoisotopic (exact) mass is 328 g/mol. The molecule has 2 atom stereocenters. The fourth-order valence-corrected chi connectivity index (χ4v) is 4.96. The lowest BCUT2D eigenvalue weighted by molar-refractivity contribution is 0.123. The minimum Gasteiger partial charge on any atom is -0.493 e. The predicted molar refractivity (Wildman–Crippen MR) is 85.0 cm³/mol. The van der Waals surface area contributed by atoms with Crippen LogP contribution in [0.5, 0.6) is 11.5 Å². The fourth-order valence-electron chi connectivity index (χ4n) is 3.14. The minimum absolute atomic E-state index is 0.0770. The highest BCUT2D eigenvalue weighted by molar-refractivity contribution is 7.89. The highest BCUT2D eigenvalue weighted by atomic mass is 32.2. The van der Waals surface area contributed by atoms with Gasteiger partial charge in [0, 0.05) is 31.2 Å². The van der Waals surface area contributed by atoms with Gasteiger partial charge in [-0.05, 0) is 33.0 Å². The van der Waals surface area contributed by atoms with Crippen LogP contribution >= 0.6 is 0 Å². The average molecular weight is 328 g/mol. The smallest absolute Gasteiger partial charge is 0.243 e. The van der Waals surface area contributed by atoms with Crippen molar-refractivity contribution in [1.29, 1.82) is 0 Å². The normalized spacial score (nSPS) is 24.2. The molecule has 0 radical (unpaired) electrons. The van der Waals surface area contributed by atoms with E-state index in [1.807, 2.05) is 20.9 Å². The standard InChI is InChI=1S/C15H24N2O4S/c1-11-9-16(3)10-12(2)17(11)22(18,19)13-6-7-14(20-4)15(8-13)21-5/h6-8,11-12H,9-10H2,1-5H3. The van der Waals surface area contributed by atoms with E-state index in [1.54, 1.807) is 16.4 Å². The van der Waals surface area contributed by atoms with Gasteiger partial charge >= 0.3 is 0 Å². The van der Waals surface area contributed by atoms with Crippen molar-refractivity contribution in [3.63, 3.8) is 0 Å². The Morgan fingerprint density at radius 3 is 2.09 bits per heavy atom. The van der Waals surface area contributed by atoms with E-state index in [0.717, 1.165) is 13.1 Å². The van der Waals surface area contributed by atoms with Gasteiger partial charge in [0.25, 0.3) is 0 Å². The van der Waals surface area contributed by atoms with Crippen LogP contribution in [-0.4, -0.2) is 64.1 Å². The second kappa shape index (κ2) is 6.44. The lowest BCUT2D eigenvalue weighted by Gasteiger charge is -2.42. The van der Waals surface area contributed by atoms with E-state index >= 15 is 0 Å². The molecule has 1 heterocycles. The van der Waals surface area contributed by atoms with Gasteiger partial charge in [-0.15, -0.1) is 0 Å². The lowest BCUT2D eigenvalue weighted by Crippen LogP contribution is -2.57. The van der Waals surface area contributed by atoms with Gasteiger partial charge in [0.2, 0.25) is 10.0 Å². The predicted octanol–water partition coefficient (Wildman–Crippen LogP) is 1.42. The van der Waals surface area contributed by atoms with Crippen molar-refractivity contribution in [3.05, 3.63) is 18.2 Å². The molecular formula is C15H24N2O4S. The van der Waals surface area contributed by atoms with Crippen molar-refractivity contribution < 1.29 is 17.9 Å². The summed E-state index contributed by atoms with van der Waals surface area (Å²) in [5.41, 5.74) is 0. The zero-order valence-corrected chi connectivity index (χ0v) is 14.6. The molecule has 2 rings (SSSR count). The number of hydrogen-bond acceptors (Lipinski definition) is 5. The SMILES string of the molecule is COc1ccc(S(=O)(=O)N2C(C)CN(C)CC2C)cc1OC. The summed E-state index contributed by atoms with van der Waals surface area (Å²) in [7, 11) is 1.46. The third-order valence-corrected chi connectivity index (χ3v) is 6.08. The van der Waals surface area contributed by atoms with Crippen molar-refractivity contribution in [3.8, 4) is 11.5 Å². The van der Waals surface area contributed by atoms with E-state index in [-0.39, 0.29) is 17.0 Å². The molecule has 7 heteroatoms.